The van der Waals surface area contributed by atoms with E-state index in [1.54, 1.807) is 11.0 Å². The number of carbonyl (C=O) groups excluding carboxylic acids is 1. The lowest BCUT2D eigenvalue weighted by molar-refractivity contribution is -0.135. The summed E-state index contributed by atoms with van der Waals surface area (Å²) in [4.78, 5) is 16.9. The molecule has 2 fully saturated rings. The molecule has 156 valence electrons. The first-order valence-corrected chi connectivity index (χ1v) is 11.9. The number of amides is 1. The van der Waals surface area contributed by atoms with Crippen LogP contribution in [0, 0.1) is 5.92 Å². The number of hydrogen-bond donors (Lipinski definition) is 0. The Hall–Kier alpha value is -0.860. The van der Waals surface area contributed by atoms with Crippen LogP contribution in [0.4, 0.5) is 0 Å². The molecule has 2 aliphatic heterocycles. The summed E-state index contributed by atoms with van der Waals surface area (Å²) < 4.78 is 27.2. The predicted molar refractivity (Wildman–Crippen MR) is 111 cm³/mol. The summed E-state index contributed by atoms with van der Waals surface area (Å²) in [6.45, 7) is 4.47. The normalized spacial score (nSPS) is 19.8. The molecule has 0 saturated carbocycles. The van der Waals surface area contributed by atoms with Gasteiger partial charge in [-0.1, -0.05) is 23.2 Å². The van der Waals surface area contributed by atoms with Gasteiger partial charge in [0.1, 0.15) is 4.90 Å². The van der Waals surface area contributed by atoms with Crippen molar-refractivity contribution in [2.75, 3.05) is 46.3 Å². The van der Waals surface area contributed by atoms with Crippen molar-refractivity contribution >= 4 is 39.1 Å². The third kappa shape index (κ3) is 5.00. The van der Waals surface area contributed by atoms with Crippen molar-refractivity contribution in [3.63, 3.8) is 0 Å². The maximum atomic E-state index is 12.9. The van der Waals surface area contributed by atoms with Crippen molar-refractivity contribution in [3.8, 4) is 0 Å². The van der Waals surface area contributed by atoms with Crippen molar-refractivity contribution < 1.29 is 13.2 Å². The Morgan fingerprint density at radius 3 is 2.43 bits per heavy atom. The van der Waals surface area contributed by atoms with Crippen molar-refractivity contribution in [2.45, 2.75) is 30.6 Å². The predicted octanol–water partition coefficient (Wildman–Crippen LogP) is 2.95. The molecule has 1 aromatic rings. The van der Waals surface area contributed by atoms with Gasteiger partial charge < -0.3 is 9.80 Å². The molecule has 3 rings (SSSR count). The Morgan fingerprint density at radius 2 is 1.79 bits per heavy atom. The molecule has 2 heterocycles. The van der Waals surface area contributed by atoms with Crippen molar-refractivity contribution in [3.05, 3.63) is 28.2 Å². The van der Waals surface area contributed by atoms with Crippen LogP contribution in [-0.2, 0) is 14.8 Å². The largest absolute Gasteiger partial charge is 0.344 e. The van der Waals surface area contributed by atoms with Gasteiger partial charge in [-0.15, -0.1) is 0 Å². The van der Waals surface area contributed by atoms with E-state index in [2.05, 4.69) is 4.90 Å². The maximum Gasteiger partial charge on any atom is 0.244 e. The molecule has 1 amide bonds. The summed E-state index contributed by atoms with van der Waals surface area (Å²) in [6.07, 6.45) is 3.51. The van der Waals surface area contributed by atoms with E-state index in [0.29, 0.717) is 31.0 Å². The Labute approximate surface area is 177 Å². The molecule has 0 N–H and O–H groups in total. The molecule has 0 spiro atoms. The molecule has 1 aromatic carbocycles. The molecule has 0 radical (unpaired) electrons. The molecule has 0 bridgehead atoms. The van der Waals surface area contributed by atoms with Gasteiger partial charge >= 0.3 is 0 Å². The summed E-state index contributed by atoms with van der Waals surface area (Å²) in [7, 11) is -1.88. The highest BCUT2D eigenvalue weighted by atomic mass is 35.5. The summed E-state index contributed by atoms with van der Waals surface area (Å²) in [6, 6.07) is 4.43. The van der Waals surface area contributed by atoms with Gasteiger partial charge in [0.25, 0.3) is 0 Å². The maximum absolute atomic E-state index is 12.9. The van der Waals surface area contributed by atoms with Crippen LogP contribution in [0.5, 0.6) is 0 Å². The third-order valence-electron chi connectivity index (χ3n) is 5.64. The van der Waals surface area contributed by atoms with E-state index in [9.17, 15) is 13.2 Å². The van der Waals surface area contributed by atoms with E-state index >= 15 is 0 Å². The number of likely N-dealkylation sites (N-methyl/N-ethyl adjacent to an activating group) is 1. The third-order valence-corrected chi connectivity index (χ3v) is 8.26. The second-order valence-corrected chi connectivity index (χ2v) is 10.3. The number of sulfonamides is 1. The lowest BCUT2D eigenvalue weighted by atomic mass is 9.97. The topological polar surface area (TPSA) is 60.9 Å². The van der Waals surface area contributed by atoms with Crippen LogP contribution < -0.4 is 0 Å². The zero-order valence-corrected chi connectivity index (χ0v) is 18.4. The summed E-state index contributed by atoms with van der Waals surface area (Å²) in [5.41, 5.74) is 0. The number of piperidine rings is 1. The number of rotatable bonds is 6. The zero-order chi connectivity index (χ0) is 20.3. The lowest BCUT2D eigenvalue weighted by Crippen LogP contribution is -2.44. The smallest absolute Gasteiger partial charge is 0.244 e. The quantitative estimate of drug-likeness (QED) is 0.672. The van der Waals surface area contributed by atoms with Crippen LogP contribution in [0.2, 0.25) is 10.0 Å². The van der Waals surface area contributed by atoms with E-state index in [1.807, 2.05) is 7.05 Å². The molecule has 0 aromatic heterocycles. The molecule has 2 saturated heterocycles. The zero-order valence-electron chi connectivity index (χ0n) is 16.1. The average molecular weight is 448 g/mol. The molecular formula is C19H27Cl2N3O3S. The fourth-order valence-corrected chi connectivity index (χ4v) is 6.08. The number of benzene rings is 1. The highest BCUT2D eigenvalue weighted by Gasteiger charge is 2.34. The van der Waals surface area contributed by atoms with Gasteiger partial charge in [0.15, 0.2) is 0 Å². The van der Waals surface area contributed by atoms with Crippen molar-refractivity contribution in [2.24, 2.45) is 5.92 Å². The van der Waals surface area contributed by atoms with Crippen LogP contribution >= 0.6 is 23.2 Å². The number of hydrogen-bond acceptors (Lipinski definition) is 4. The number of carbonyl (C=O) groups is 1. The summed E-state index contributed by atoms with van der Waals surface area (Å²) in [5.74, 6) is -0.0260. The Kier molecular flexibility index (Phi) is 7.26. The molecule has 28 heavy (non-hydrogen) atoms. The minimum atomic E-state index is -3.72. The molecule has 9 heteroatoms. The number of halogens is 2. The van der Waals surface area contributed by atoms with Crippen molar-refractivity contribution in [1.82, 2.24) is 14.1 Å². The van der Waals surface area contributed by atoms with E-state index in [0.717, 1.165) is 26.2 Å². The van der Waals surface area contributed by atoms with E-state index in [1.165, 1.54) is 29.3 Å². The average Bonchev–Trinajstić information content (AvgIpc) is 3.21. The van der Waals surface area contributed by atoms with Gasteiger partial charge in [0.05, 0.1) is 5.02 Å². The second-order valence-electron chi connectivity index (χ2n) is 7.56. The Morgan fingerprint density at radius 1 is 1.14 bits per heavy atom. The fourth-order valence-electron chi connectivity index (χ4n) is 3.88. The van der Waals surface area contributed by atoms with Crippen LogP contribution in [0.3, 0.4) is 0 Å². The van der Waals surface area contributed by atoms with Crippen LogP contribution in [-0.4, -0.2) is 74.7 Å². The molecule has 6 nitrogen and oxygen atoms in total. The standard InChI is InChI=1S/C19H27Cl2N3O3S/c1-22(12-13-23-8-2-3-9-23)19(25)15-6-10-24(11-7-15)28(26,27)18-14-16(20)4-5-17(18)21/h4-5,14-15H,2-3,6-13H2,1H3. The van der Waals surface area contributed by atoms with Crippen LogP contribution in [0.25, 0.3) is 0 Å². The van der Waals surface area contributed by atoms with E-state index in [-0.39, 0.29) is 21.7 Å². The van der Waals surface area contributed by atoms with Gasteiger partial charge in [-0.2, -0.15) is 4.31 Å². The van der Waals surface area contributed by atoms with Gasteiger partial charge in [-0.3, -0.25) is 4.79 Å². The minimum Gasteiger partial charge on any atom is -0.344 e. The molecular weight excluding hydrogens is 421 g/mol. The number of nitrogens with zero attached hydrogens (tertiary/aromatic N) is 3. The molecule has 0 unspecified atom stereocenters. The van der Waals surface area contributed by atoms with Gasteiger partial charge in [0.2, 0.25) is 15.9 Å². The SMILES string of the molecule is CN(CCN1CCCC1)C(=O)C1CCN(S(=O)(=O)c2cc(Cl)ccc2Cl)CC1. The van der Waals surface area contributed by atoms with Gasteiger partial charge in [-0.25, -0.2) is 8.42 Å². The van der Waals surface area contributed by atoms with E-state index in [4.69, 9.17) is 23.2 Å². The highest BCUT2D eigenvalue weighted by Crippen LogP contribution is 2.30. The van der Waals surface area contributed by atoms with Crippen molar-refractivity contribution in [1.29, 1.82) is 0 Å². The lowest BCUT2D eigenvalue weighted by Gasteiger charge is -2.33. The molecule has 2 aliphatic rings. The summed E-state index contributed by atoms with van der Waals surface area (Å²) >= 11 is 12.0. The molecule has 0 atom stereocenters. The monoisotopic (exact) mass is 447 g/mol. The van der Waals surface area contributed by atoms with Crippen LogP contribution in [0.15, 0.2) is 23.1 Å². The van der Waals surface area contributed by atoms with Gasteiger partial charge in [0, 0.05) is 44.2 Å². The highest BCUT2D eigenvalue weighted by molar-refractivity contribution is 7.89. The fraction of sp³-hybridized carbons (Fsp3) is 0.632. The first-order valence-electron chi connectivity index (χ1n) is 9.71. The minimum absolute atomic E-state index is 0.0224. The van der Waals surface area contributed by atoms with E-state index < -0.39 is 10.0 Å². The van der Waals surface area contributed by atoms with Gasteiger partial charge in [-0.05, 0) is 57.0 Å². The first kappa shape index (κ1) is 21.8. The molecule has 0 aliphatic carbocycles. The second kappa shape index (κ2) is 9.30. The van der Waals surface area contributed by atoms with Crippen LogP contribution in [0.1, 0.15) is 25.7 Å². The Bertz CT molecular complexity index is 805. The number of likely N-dealkylation sites (tertiary alicyclic amines) is 1. The first-order chi connectivity index (χ1) is 13.3. The Balaban J connectivity index is 1.55. The summed E-state index contributed by atoms with van der Waals surface area (Å²) in [5, 5.41) is 0.483.